The van der Waals surface area contributed by atoms with Crippen LogP contribution in [0.2, 0.25) is 0 Å². The molecule has 8 nitrogen and oxygen atoms in total. The maximum Gasteiger partial charge on any atom is 0.404 e. The zero-order valence-corrected chi connectivity index (χ0v) is 18.2. The van der Waals surface area contributed by atoms with Crippen LogP contribution in [0.25, 0.3) is 11.3 Å². The molecule has 0 unspecified atom stereocenters. The maximum atomic E-state index is 14.5. The van der Waals surface area contributed by atoms with Gasteiger partial charge < -0.3 is 9.47 Å². The lowest BCUT2D eigenvalue weighted by molar-refractivity contribution is -0.106. The van der Waals surface area contributed by atoms with Gasteiger partial charge in [0.1, 0.15) is 23.8 Å². The first-order valence-electron chi connectivity index (χ1n) is 9.40. The second kappa shape index (κ2) is 9.92. The topological polar surface area (TPSA) is 114 Å². The van der Waals surface area contributed by atoms with Crippen molar-refractivity contribution in [1.29, 1.82) is 5.26 Å². The number of methoxy groups -OCH3 is 1. The van der Waals surface area contributed by atoms with Crippen LogP contribution in [0, 0.1) is 17.1 Å². The monoisotopic (exact) mass is 496 g/mol. The van der Waals surface area contributed by atoms with Gasteiger partial charge in [-0.15, -0.1) is 0 Å². The van der Waals surface area contributed by atoms with Gasteiger partial charge in [-0.2, -0.15) is 18.4 Å². The number of alkyl halides is 3. The number of nitrogens with one attached hydrogen (secondary N) is 1. The summed E-state index contributed by atoms with van der Waals surface area (Å²) in [6, 6.07) is 12.0. The molecule has 0 saturated carbocycles. The average molecular weight is 496 g/mol. The summed E-state index contributed by atoms with van der Waals surface area (Å²) < 4.78 is 88.1. The van der Waals surface area contributed by atoms with Gasteiger partial charge in [0.25, 0.3) is 0 Å². The normalized spacial score (nSPS) is 11.5. The molecule has 34 heavy (non-hydrogen) atoms. The second-order valence-electron chi connectivity index (χ2n) is 6.84. The summed E-state index contributed by atoms with van der Waals surface area (Å²) in [5, 5.41) is 8.97. The first-order chi connectivity index (χ1) is 16.0. The summed E-state index contributed by atoms with van der Waals surface area (Å²) in [7, 11) is -3.71. The van der Waals surface area contributed by atoms with E-state index in [0.717, 1.165) is 25.4 Å². The molecule has 0 atom stereocenters. The fourth-order valence-corrected chi connectivity index (χ4v) is 3.82. The van der Waals surface area contributed by atoms with Gasteiger partial charge >= 0.3 is 6.18 Å². The standard InChI is InChI=1S/C21H16F4N4O4S/c1-32-20-17(29-34(30,31)12-21(23,24)25)8-15(10-27-20)19-16(22)5-6-18(28-19)33-11-14-4-2-3-13(7-14)9-26/h2-8,10,29H,11-12H2,1H3. The summed E-state index contributed by atoms with van der Waals surface area (Å²) in [4.78, 5) is 7.88. The Balaban J connectivity index is 1.89. The SMILES string of the molecule is COc1ncc(-c2nc(OCc3cccc(C#N)c3)ccc2F)cc1NS(=O)(=O)CC(F)(F)F. The van der Waals surface area contributed by atoms with E-state index in [1.54, 1.807) is 29.0 Å². The first kappa shape index (κ1) is 24.7. The summed E-state index contributed by atoms with van der Waals surface area (Å²) in [6.45, 7) is 0.0247. The van der Waals surface area contributed by atoms with Crippen LogP contribution in [0.1, 0.15) is 11.1 Å². The third-order valence-corrected chi connectivity index (χ3v) is 5.44. The van der Waals surface area contributed by atoms with Gasteiger partial charge in [-0.05, 0) is 29.8 Å². The van der Waals surface area contributed by atoms with Crippen LogP contribution in [-0.4, -0.2) is 37.4 Å². The van der Waals surface area contributed by atoms with E-state index in [1.807, 2.05) is 6.07 Å². The molecule has 2 heterocycles. The van der Waals surface area contributed by atoms with E-state index in [2.05, 4.69) is 9.97 Å². The number of ether oxygens (including phenoxy) is 2. The van der Waals surface area contributed by atoms with Crippen LogP contribution in [0.15, 0.2) is 48.7 Å². The van der Waals surface area contributed by atoms with Gasteiger partial charge in [0.15, 0.2) is 5.75 Å². The van der Waals surface area contributed by atoms with Crippen LogP contribution in [-0.2, 0) is 16.6 Å². The Labute approximate surface area is 191 Å². The molecular weight excluding hydrogens is 480 g/mol. The highest BCUT2D eigenvalue weighted by atomic mass is 32.2. The molecule has 13 heteroatoms. The zero-order chi connectivity index (χ0) is 24.9. The molecule has 0 saturated heterocycles. The molecule has 0 fully saturated rings. The summed E-state index contributed by atoms with van der Waals surface area (Å²) in [5.41, 5.74) is 0.345. The molecule has 1 N–H and O–H groups in total. The Kier molecular flexibility index (Phi) is 7.21. The van der Waals surface area contributed by atoms with Crippen LogP contribution in [0.4, 0.5) is 23.2 Å². The molecule has 2 aromatic heterocycles. The molecule has 0 aliphatic rings. The highest BCUT2D eigenvalue weighted by molar-refractivity contribution is 7.92. The third-order valence-electron chi connectivity index (χ3n) is 4.20. The Hall–Kier alpha value is -3.92. The number of sulfonamides is 1. The number of rotatable bonds is 8. The number of halogens is 4. The number of anilines is 1. The lowest BCUT2D eigenvalue weighted by atomic mass is 10.1. The Morgan fingerprint density at radius 1 is 1.18 bits per heavy atom. The molecule has 1 aromatic carbocycles. The van der Waals surface area contributed by atoms with Crippen molar-refractivity contribution >= 4 is 15.7 Å². The zero-order valence-electron chi connectivity index (χ0n) is 17.4. The maximum absolute atomic E-state index is 14.5. The van der Waals surface area contributed by atoms with Crippen molar-refractivity contribution < 1.29 is 35.5 Å². The molecule has 0 spiro atoms. The van der Waals surface area contributed by atoms with E-state index in [0.29, 0.717) is 11.1 Å². The van der Waals surface area contributed by atoms with Crippen LogP contribution < -0.4 is 14.2 Å². The average Bonchev–Trinajstić information content (AvgIpc) is 2.76. The number of aromatic nitrogens is 2. The minimum Gasteiger partial charge on any atom is -0.480 e. The molecule has 0 aliphatic heterocycles. The van der Waals surface area contributed by atoms with Gasteiger partial charge in [0.2, 0.25) is 21.8 Å². The highest BCUT2D eigenvalue weighted by Crippen LogP contribution is 2.31. The van der Waals surface area contributed by atoms with Gasteiger partial charge in [-0.3, -0.25) is 4.72 Å². The highest BCUT2D eigenvalue weighted by Gasteiger charge is 2.35. The van der Waals surface area contributed by atoms with Crippen molar-refractivity contribution in [2.75, 3.05) is 17.6 Å². The molecular formula is C21H16F4N4O4S. The van der Waals surface area contributed by atoms with E-state index in [4.69, 9.17) is 14.7 Å². The molecule has 3 rings (SSSR count). The van der Waals surface area contributed by atoms with E-state index >= 15 is 0 Å². The molecule has 3 aromatic rings. The predicted octanol–water partition coefficient (Wildman–Crippen LogP) is 4.05. The lowest BCUT2D eigenvalue weighted by Crippen LogP contribution is -2.28. The second-order valence-corrected chi connectivity index (χ2v) is 8.56. The lowest BCUT2D eigenvalue weighted by Gasteiger charge is -2.14. The fourth-order valence-electron chi connectivity index (χ4n) is 2.83. The van der Waals surface area contributed by atoms with Crippen LogP contribution in [0.3, 0.4) is 0 Å². The van der Waals surface area contributed by atoms with Gasteiger partial charge in [-0.25, -0.2) is 22.8 Å². The molecule has 0 radical (unpaired) electrons. The summed E-state index contributed by atoms with van der Waals surface area (Å²) in [6.07, 6.45) is -3.86. The minimum atomic E-state index is -4.98. The molecule has 0 aliphatic carbocycles. The summed E-state index contributed by atoms with van der Waals surface area (Å²) >= 11 is 0. The van der Waals surface area contributed by atoms with Gasteiger partial charge in [0.05, 0.1) is 18.7 Å². The summed E-state index contributed by atoms with van der Waals surface area (Å²) in [5.74, 6) is -3.25. The van der Waals surface area contributed by atoms with Crippen molar-refractivity contribution in [2.24, 2.45) is 0 Å². The minimum absolute atomic E-state index is 0.00813. The Morgan fingerprint density at radius 2 is 1.94 bits per heavy atom. The fraction of sp³-hybridized carbons (Fsp3) is 0.190. The van der Waals surface area contributed by atoms with Crippen LogP contribution >= 0.6 is 0 Å². The van der Waals surface area contributed by atoms with Crippen molar-refractivity contribution in [3.63, 3.8) is 0 Å². The van der Waals surface area contributed by atoms with Crippen molar-refractivity contribution in [1.82, 2.24) is 9.97 Å². The van der Waals surface area contributed by atoms with Gasteiger partial charge in [0, 0.05) is 17.8 Å². The van der Waals surface area contributed by atoms with Crippen LogP contribution in [0.5, 0.6) is 11.8 Å². The van der Waals surface area contributed by atoms with Crippen molar-refractivity contribution in [3.05, 3.63) is 65.6 Å². The number of nitriles is 1. The quantitative estimate of drug-likeness (QED) is 0.468. The number of hydrogen-bond donors (Lipinski definition) is 1. The van der Waals surface area contributed by atoms with Crippen molar-refractivity contribution in [3.8, 4) is 29.1 Å². The predicted molar refractivity (Wildman–Crippen MR) is 113 cm³/mol. The number of hydrogen-bond acceptors (Lipinski definition) is 7. The Morgan fingerprint density at radius 3 is 2.62 bits per heavy atom. The molecule has 178 valence electrons. The van der Waals surface area contributed by atoms with Gasteiger partial charge in [-0.1, -0.05) is 12.1 Å². The van der Waals surface area contributed by atoms with E-state index in [-0.39, 0.29) is 29.6 Å². The number of pyridine rings is 2. The molecule has 0 amide bonds. The smallest absolute Gasteiger partial charge is 0.404 e. The third kappa shape index (κ3) is 6.55. The van der Waals surface area contributed by atoms with E-state index in [9.17, 15) is 26.0 Å². The van der Waals surface area contributed by atoms with E-state index < -0.39 is 33.5 Å². The van der Waals surface area contributed by atoms with E-state index in [1.165, 1.54) is 6.07 Å². The number of benzene rings is 1. The molecule has 0 bridgehead atoms. The number of nitrogens with zero attached hydrogens (tertiary/aromatic N) is 3. The largest absolute Gasteiger partial charge is 0.480 e. The van der Waals surface area contributed by atoms with Crippen molar-refractivity contribution in [2.45, 2.75) is 12.8 Å². The Bertz CT molecular complexity index is 1340. The first-order valence-corrected chi connectivity index (χ1v) is 11.0.